The van der Waals surface area contributed by atoms with Gasteiger partial charge in [-0.15, -0.1) is 0 Å². The minimum atomic E-state index is 0.896. The maximum atomic E-state index is 4.61. The van der Waals surface area contributed by atoms with Gasteiger partial charge in [0.05, 0.1) is 5.69 Å². The van der Waals surface area contributed by atoms with Crippen molar-refractivity contribution in [1.29, 1.82) is 0 Å². The Kier molecular flexibility index (Phi) is 3.64. The zero-order valence-corrected chi connectivity index (χ0v) is 12.8. The molecule has 2 aromatic carbocycles. The van der Waals surface area contributed by atoms with Gasteiger partial charge in [0.1, 0.15) is 0 Å². The van der Waals surface area contributed by atoms with Crippen LogP contribution in [-0.2, 0) is 6.42 Å². The van der Waals surface area contributed by atoms with Gasteiger partial charge in [0, 0.05) is 17.1 Å². The fraction of sp³-hybridized carbons (Fsp3) is 0.286. The van der Waals surface area contributed by atoms with E-state index in [-0.39, 0.29) is 0 Å². The van der Waals surface area contributed by atoms with E-state index in [2.05, 4.69) is 53.5 Å². The maximum absolute atomic E-state index is 4.61. The first kappa shape index (κ1) is 13.5. The van der Waals surface area contributed by atoms with Gasteiger partial charge in [0.2, 0.25) is 0 Å². The predicted octanol–water partition coefficient (Wildman–Crippen LogP) is 5.63. The molecule has 1 aliphatic rings. The lowest BCUT2D eigenvalue weighted by molar-refractivity contribution is 0.547. The van der Waals surface area contributed by atoms with Crippen molar-refractivity contribution in [3.8, 4) is 11.3 Å². The van der Waals surface area contributed by atoms with Crippen LogP contribution in [0.5, 0.6) is 0 Å². The summed E-state index contributed by atoms with van der Waals surface area (Å²) < 4.78 is 0. The number of rotatable bonds is 3. The molecule has 1 aliphatic carbocycles. The summed E-state index contributed by atoms with van der Waals surface area (Å²) in [5, 5.41) is 2.56. The van der Waals surface area contributed by atoms with E-state index >= 15 is 0 Å². The fourth-order valence-electron chi connectivity index (χ4n) is 3.73. The lowest BCUT2D eigenvalue weighted by atomic mass is 9.95. The molecule has 3 aromatic rings. The molecule has 0 atom stereocenters. The fourth-order valence-corrected chi connectivity index (χ4v) is 3.73. The second kappa shape index (κ2) is 5.92. The number of hydrogen-bond donors (Lipinski definition) is 0. The lowest BCUT2D eigenvalue weighted by Crippen LogP contribution is -1.98. The van der Waals surface area contributed by atoms with Gasteiger partial charge >= 0.3 is 0 Å². The second-order valence-corrected chi connectivity index (χ2v) is 6.44. The van der Waals surface area contributed by atoms with E-state index in [0.29, 0.717) is 0 Å². The standard InChI is InChI=1S/C21H21N/c1-2-8-18(9-3-1)21-20-11-10-17(14-16-6-4-5-7-16)15-19(20)12-13-22-21/h1-3,8-13,15-16H,4-7,14H2. The third-order valence-electron chi connectivity index (χ3n) is 4.88. The molecular formula is C21H21N. The second-order valence-electron chi connectivity index (χ2n) is 6.44. The van der Waals surface area contributed by atoms with Gasteiger partial charge < -0.3 is 0 Å². The van der Waals surface area contributed by atoms with Gasteiger partial charge in [0.25, 0.3) is 0 Å². The van der Waals surface area contributed by atoms with Crippen LogP contribution in [0.25, 0.3) is 22.0 Å². The Morgan fingerprint density at radius 1 is 0.909 bits per heavy atom. The van der Waals surface area contributed by atoms with Crippen molar-refractivity contribution in [3.05, 3.63) is 66.4 Å². The molecule has 0 spiro atoms. The van der Waals surface area contributed by atoms with Crippen LogP contribution in [0.2, 0.25) is 0 Å². The molecule has 1 heterocycles. The highest BCUT2D eigenvalue weighted by Gasteiger charge is 2.15. The van der Waals surface area contributed by atoms with Crippen LogP contribution in [-0.4, -0.2) is 4.98 Å². The molecular weight excluding hydrogens is 266 g/mol. The third kappa shape index (κ3) is 2.64. The average Bonchev–Trinajstić information content (AvgIpc) is 3.08. The van der Waals surface area contributed by atoms with E-state index in [0.717, 1.165) is 11.6 Å². The Morgan fingerprint density at radius 2 is 1.73 bits per heavy atom. The van der Waals surface area contributed by atoms with Gasteiger partial charge in [0.15, 0.2) is 0 Å². The van der Waals surface area contributed by atoms with Crippen molar-refractivity contribution < 1.29 is 0 Å². The minimum Gasteiger partial charge on any atom is -0.256 e. The molecule has 4 rings (SSSR count). The molecule has 0 saturated heterocycles. The van der Waals surface area contributed by atoms with Crippen molar-refractivity contribution in [1.82, 2.24) is 4.98 Å². The van der Waals surface area contributed by atoms with Crippen LogP contribution in [0.3, 0.4) is 0 Å². The Hall–Kier alpha value is -2.15. The molecule has 1 fully saturated rings. The number of pyridine rings is 1. The molecule has 1 aromatic heterocycles. The predicted molar refractivity (Wildman–Crippen MR) is 92.8 cm³/mol. The normalized spacial score (nSPS) is 15.5. The molecule has 0 radical (unpaired) electrons. The number of benzene rings is 2. The molecule has 1 heteroatoms. The SMILES string of the molecule is c1ccc(-c2nccc3cc(CC4CCCC4)ccc23)cc1. The van der Waals surface area contributed by atoms with E-state index in [4.69, 9.17) is 0 Å². The van der Waals surface area contributed by atoms with Crippen LogP contribution in [0.1, 0.15) is 31.2 Å². The van der Waals surface area contributed by atoms with Crippen LogP contribution < -0.4 is 0 Å². The molecule has 110 valence electrons. The van der Waals surface area contributed by atoms with Gasteiger partial charge in [-0.2, -0.15) is 0 Å². The first-order valence-electron chi connectivity index (χ1n) is 8.33. The van der Waals surface area contributed by atoms with Gasteiger partial charge in [-0.05, 0) is 29.4 Å². The number of fused-ring (bicyclic) bond motifs is 1. The van der Waals surface area contributed by atoms with Crippen LogP contribution >= 0.6 is 0 Å². The van der Waals surface area contributed by atoms with E-state index in [9.17, 15) is 0 Å². The van der Waals surface area contributed by atoms with Crippen LogP contribution in [0.15, 0.2) is 60.8 Å². The van der Waals surface area contributed by atoms with Crippen molar-refractivity contribution in [3.63, 3.8) is 0 Å². The molecule has 1 saturated carbocycles. The Morgan fingerprint density at radius 3 is 2.55 bits per heavy atom. The third-order valence-corrected chi connectivity index (χ3v) is 4.88. The highest BCUT2D eigenvalue weighted by molar-refractivity contribution is 5.94. The van der Waals surface area contributed by atoms with Crippen molar-refractivity contribution >= 4 is 10.8 Å². The summed E-state index contributed by atoms with van der Waals surface area (Å²) in [5.74, 6) is 0.896. The highest BCUT2D eigenvalue weighted by Crippen LogP contribution is 2.31. The van der Waals surface area contributed by atoms with Gasteiger partial charge in [-0.3, -0.25) is 4.98 Å². The molecule has 22 heavy (non-hydrogen) atoms. The Bertz CT molecular complexity index is 770. The Balaban J connectivity index is 1.72. The number of hydrogen-bond acceptors (Lipinski definition) is 1. The largest absolute Gasteiger partial charge is 0.256 e. The summed E-state index contributed by atoms with van der Waals surface area (Å²) in [7, 11) is 0. The van der Waals surface area contributed by atoms with Gasteiger partial charge in [-0.25, -0.2) is 0 Å². The smallest absolute Gasteiger partial charge is 0.0780 e. The van der Waals surface area contributed by atoms with E-state index in [1.54, 1.807) is 0 Å². The highest BCUT2D eigenvalue weighted by atomic mass is 14.7. The van der Waals surface area contributed by atoms with E-state index in [1.165, 1.54) is 54.0 Å². The lowest BCUT2D eigenvalue weighted by Gasteiger charge is -2.11. The van der Waals surface area contributed by atoms with Crippen molar-refractivity contribution in [2.75, 3.05) is 0 Å². The van der Waals surface area contributed by atoms with Crippen LogP contribution in [0.4, 0.5) is 0 Å². The van der Waals surface area contributed by atoms with Gasteiger partial charge in [-0.1, -0.05) is 74.2 Å². The summed E-state index contributed by atoms with van der Waals surface area (Å²) in [5.41, 5.74) is 3.76. The first-order valence-corrected chi connectivity index (χ1v) is 8.33. The molecule has 1 nitrogen and oxygen atoms in total. The molecule has 0 amide bonds. The van der Waals surface area contributed by atoms with Crippen molar-refractivity contribution in [2.24, 2.45) is 5.92 Å². The molecule has 0 bridgehead atoms. The minimum absolute atomic E-state index is 0.896. The summed E-state index contributed by atoms with van der Waals surface area (Å²) in [6.45, 7) is 0. The zero-order chi connectivity index (χ0) is 14.8. The summed E-state index contributed by atoms with van der Waals surface area (Å²) in [4.78, 5) is 4.61. The monoisotopic (exact) mass is 287 g/mol. The molecule has 0 N–H and O–H groups in total. The van der Waals surface area contributed by atoms with E-state index in [1.807, 2.05) is 12.3 Å². The molecule has 0 aliphatic heterocycles. The number of aromatic nitrogens is 1. The first-order chi connectivity index (χ1) is 10.9. The summed E-state index contributed by atoms with van der Waals surface area (Å²) >= 11 is 0. The quantitative estimate of drug-likeness (QED) is 0.608. The summed E-state index contributed by atoms with van der Waals surface area (Å²) in [6, 6.07) is 19.5. The summed E-state index contributed by atoms with van der Waals surface area (Å²) in [6.07, 6.45) is 8.82. The van der Waals surface area contributed by atoms with Crippen molar-refractivity contribution in [2.45, 2.75) is 32.1 Å². The zero-order valence-electron chi connectivity index (χ0n) is 12.8. The molecule has 0 unspecified atom stereocenters. The Labute approximate surface area is 132 Å². The van der Waals surface area contributed by atoms with Crippen LogP contribution in [0, 0.1) is 5.92 Å². The average molecular weight is 287 g/mol. The topological polar surface area (TPSA) is 12.9 Å². The van der Waals surface area contributed by atoms with E-state index < -0.39 is 0 Å². The maximum Gasteiger partial charge on any atom is 0.0780 e. The number of nitrogens with zero attached hydrogens (tertiary/aromatic N) is 1.